The van der Waals surface area contributed by atoms with Gasteiger partial charge in [0.25, 0.3) is 0 Å². The number of hydrogen-bond acceptors (Lipinski definition) is 2. The van der Waals surface area contributed by atoms with Gasteiger partial charge in [-0.2, -0.15) is 0 Å². The zero-order chi connectivity index (χ0) is 19.6. The predicted octanol–water partition coefficient (Wildman–Crippen LogP) is 6.47. The fraction of sp³-hybridized carbons (Fsp3) is 0.0800. The molecular formula is C25H19ClN2O. The van der Waals surface area contributed by atoms with Crippen LogP contribution in [0.2, 0.25) is 5.02 Å². The normalized spacial score (nSPS) is 11.2. The number of halogens is 1. The van der Waals surface area contributed by atoms with Gasteiger partial charge in [0.2, 0.25) is 0 Å². The second-order valence-corrected chi connectivity index (χ2v) is 7.51. The number of aromatic nitrogens is 2. The number of rotatable bonds is 5. The number of para-hydroxylation sites is 1. The maximum absolute atomic E-state index is 6.00. The van der Waals surface area contributed by atoms with Crippen molar-refractivity contribution >= 4 is 33.4 Å². The first-order chi connectivity index (χ1) is 14.2. The summed E-state index contributed by atoms with van der Waals surface area (Å²) in [7, 11) is 0. The van der Waals surface area contributed by atoms with Crippen molar-refractivity contribution in [3.05, 3.63) is 107 Å². The summed E-state index contributed by atoms with van der Waals surface area (Å²) in [6.45, 7) is 1.25. The Kier molecular flexibility index (Phi) is 4.66. The third-order valence-corrected chi connectivity index (χ3v) is 5.30. The van der Waals surface area contributed by atoms with Crippen LogP contribution in [0, 0.1) is 0 Å². The Bertz CT molecular complexity index is 1290. The van der Waals surface area contributed by atoms with E-state index in [4.69, 9.17) is 16.3 Å². The first kappa shape index (κ1) is 17.8. The largest absolute Gasteiger partial charge is 0.487 e. The lowest BCUT2D eigenvalue weighted by Gasteiger charge is -2.09. The lowest BCUT2D eigenvalue weighted by Crippen LogP contribution is -1.99. The van der Waals surface area contributed by atoms with Gasteiger partial charge in [-0.1, -0.05) is 48.0 Å². The molecule has 2 heterocycles. The molecule has 0 saturated heterocycles. The van der Waals surface area contributed by atoms with Crippen LogP contribution in [0.25, 0.3) is 21.8 Å². The molecule has 29 heavy (non-hydrogen) atoms. The summed E-state index contributed by atoms with van der Waals surface area (Å²) in [5.41, 5.74) is 4.30. The van der Waals surface area contributed by atoms with Crippen LogP contribution in [0.1, 0.15) is 11.3 Å². The molecule has 0 fully saturated rings. The molecule has 4 heteroatoms. The van der Waals surface area contributed by atoms with E-state index in [1.165, 1.54) is 11.1 Å². The lowest BCUT2D eigenvalue weighted by molar-refractivity contribution is 0.302. The van der Waals surface area contributed by atoms with Gasteiger partial charge in [0.05, 0.1) is 11.2 Å². The molecule has 2 aromatic heterocycles. The van der Waals surface area contributed by atoms with Gasteiger partial charge >= 0.3 is 0 Å². The molecule has 0 bridgehead atoms. The highest BCUT2D eigenvalue weighted by Gasteiger charge is 2.05. The second kappa shape index (κ2) is 7.61. The quantitative estimate of drug-likeness (QED) is 0.339. The molecule has 142 valence electrons. The summed E-state index contributed by atoms with van der Waals surface area (Å²) in [6, 6.07) is 28.5. The molecule has 5 aromatic rings. The third kappa shape index (κ3) is 3.82. The van der Waals surface area contributed by atoms with Gasteiger partial charge in [-0.05, 0) is 54.1 Å². The molecular weight excluding hydrogens is 380 g/mol. The number of nitrogens with zero attached hydrogens (tertiary/aromatic N) is 2. The van der Waals surface area contributed by atoms with Crippen LogP contribution >= 0.6 is 11.6 Å². The van der Waals surface area contributed by atoms with E-state index in [0.29, 0.717) is 6.61 Å². The van der Waals surface area contributed by atoms with Crippen LogP contribution in [0.4, 0.5) is 0 Å². The summed E-state index contributed by atoms with van der Waals surface area (Å²) < 4.78 is 8.23. The third-order valence-electron chi connectivity index (χ3n) is 5.05. The monoisotopic (exact) mass is 398 g/mol. The maximum Gasteiger partial charge on any atom is 0.130 e. The number of fused-ring (bicyclic) bond motifs is 2. The Balaban J connectivity index is 1.32. The van der Waals surface area contributed by atoms with E-state index in [1.807, 2.05) is 42.5 Å². The van der Waals surface area contributed by atoms with Gasteiger partial charge in [-0.25, -0.2) is 4.98 Å². The number of benzene rings is 3. The van der Waals surface area contributed by atoms with E-state index < -0.39 is 0 Å². The predicted molar refractivity (Wildman–Crippen MR) is 119 cm³/mol. The van der Waals surface area contributed by atoms with Crippen molar-refractivity contribution in [3.8, 4) is 5.75 Å². The number of pyridine rings is 1. The van der Waals surface area contributed by atoms with Crippen LogP contribution in [0.15, 0.2) is 91.1 Å². The fourth-order valence-electron chi connectivity index (χ4n) is 3.54. The van der Waals surface area contributed by atoms with E-state index in [9.17, 15) is 0 Å². The van der Waals surface area contributed by atoms with E-state index in [-0.39, 0.29) is 0 Å². The van der Waals surface area contributed by atoms with Crippen molar-refractivity contribution in [1.29, 1.82) is 0 Å². The number of ether oxygens (including phenoxy) is 1. The average molecular weight is 399 g/mol. The van der Waals surface area contributed by atoms with Gasteiger partial charge in [-0.3, -0.25) is 0 Å². The van der Waals surface area contributed by atoms with Crippen LogP contribution < -0.4 is 4.74 Å². The zero-order valence-electron chi connectivity index (χ0n) is 15.8. The minimum absolute atomic E-state index is 0.446. The highest BCUT2D eigenvalue weighted by atomic mass is 35.5. The smallest absolute Gasteiger partial charge is 0.130 e. The molecule has 0 spiro atoms. The molecule has 0 aliphatic heterocycles. The Morgan fingerprint density at radius 1 is 0.828 bits per heavy atom. The minimum Gasteiger partial charge on any atom is -0.487 e. The molecule has 3 nitrogen and oxygen atoms in total. The zero-order valence-corrected chi connectivity index (χ0v) is 16.5. The van der Waals surface area contributed by atoms with E-state index in [2.05, 4.69) is 58.2 Å². The Hall–Kier alpha value is -3.30. The lowest BCUT2D eigenvalue weighted by atomic mass is 10.2. The molecule has 5 rings (SSSR count). The molecule has 3 aromatic carbocycles. The van der Waals surface area contributed by atoms with Crippen molar-refractivity contribution in [1.82, 2.24) is 9.55 Å². The molecule has 0 saturated carbocycles. The Morgan fingerprint density at radius 2 is 1.69 bits per heavy atom. The minimum atomic E-state index is 0.446. The molecule has 0 N–H and O–H groups in total. The summed E-state index contributed by atoms with van der Waals surface area (Å²) in [5, 5.41) is 3.05. The van der Waals surface area contributed by atoms with Crippen LogP contribution in [0.3, 0.4) is 0 Å². The van der Waals surface area contributed by atoms with Crippen molar-refractivity contribution < 1.29 is 4.74 Å². The number of hydrogen-bond donors (Lipinski definition) is 0. The van der Waals surface area contributed by atoms with Gasteiger partial charge < -0.3 is 9.30 Å². The summed E-state index contributed by atoms with van der Waals surface area (Å²) in [6.07, 6.45) is 2.11. The van der Waals surface area contributed by atoms with E-state index >= 15 is 0 Å². The van der Waals surface area contributed by atoms with Crippen LogP contribution in [-0.2, 0) is 13.2 Å². The summed E-state index contributed by atoms with van der Waals surface area (Å²) in [4.78, 5) is 4.67. The van der Waals surface area contributed by atoms with Gasteiger partial charge in [0.1, 0.15) is 12.4 Å². The molecule has 0 atom stereocenters. The SMILES string of the molecule is Clc1ccc(Cn2ccc3cc(OCc4ccc5ccccc5n4)ccc32)cc1. The van der Waals surface area contributed by atoms with Crippen molar-refractivity contribution in [2.24, 2.45) is 0 Å². The Labute approximate surface area is 174 Å². The van der Waals surface area contributed by atoms with Crippen molar-refractivity contribution in [2.75, 3.05) is 0 Å². The second-order valence-electron chi connectivity index (χ2n) is 7.07. The van der Waals surface area contributed by atoms with Gasteiger partial charge in [0, 0.05) is 34.1 Å². The molecule has 0 aliphatic carbocycles. The van der Waals surface area contributed by atoms with Crippen molar-refractivity contribution in [3.63, 3.8) is 0 Å². The topological polar surface area (TPSA) is 27.1 Å². The fourth-order valence-corrected chi connectivity index (χ4v) is 3.66. The van der Waals surface area contributed by atoms with Gasteiger partial charge in [-0.15, -0.1) is 0 Å². The molecule has 0 amide bonds. The average Bonchev–Trinajstić information content (AvgIpc) is 3.15. The summed E-state index contributed by atoms with van der Waals surface area (Å²) >= 11 is 5.98. The standard InChI is InChI=1S/C25H19ClN2O/c26-21-8-5-18(6-9-21)16-28-14-13-20-15-23(11-12-25(20)28)29-17-22-10-7-19-3-1-2-4-24(19)27-22/h1-15H,16-17H2. The maximum atomic E-state index is 6.00. The first-order valence-electron chi connectivity index (χ1n) is 9.55. The van der Waals surface area contributed by atoms with Crippen LogP contribution in [-0.4, -0.2) is 9.55 Å². The molecule has 0 unspecified atom stereocenters. The summed E-state index contributed by atoms with van der Waals surface area (Å²) in [5.74, 6) is 0.844. The van der Waals surface area contributed by atoms with Crippen molar-refractivity contribution in [2.45, 2.75) is 13.2 Å². The first-order valence-corrected chi connectivity index (χ1v) is 9.93. The highest BCUT2D eigenvalue weighted by Crippen LogP contribution is 2.24. The van der Waals surface area contributed by atoms with Gasteiger partial charge in [0.15, 0.2) is 0 Å². The van der Waals surface area contributed by atoms with E-state index in [0.717, 1.165) is 39.3 Å². The van der Waals surface area contributed by atoms with Crippen LogP contribution in [0.5, 0.6) is 5.75 Å². The molecule has 0 radical (unpaired) electrons. The van der Waals surface area contributed by atoms with E-state index in [1.54, 1.807) is 0 Å². The molecule has 0 aliphatic rings. The Morgan fingerprint density at radius 3 is 2.59 bits per heavy atom. The highest BCUT2D eigenvalue weighted by molar-refractivity contribution is 6.30.